The van der Waals surface area contributed by atoms with E-state index in [4.69, 9.17) is 0 Å². The zero-order chi connectivity index (χ0) is 12.3. The lowest BCUT2D eigenvalue weighted by molar-refractivity contribution is -0.147. The molecule has 2 heteroatoms. The van der Waals surface area contributed by atoms with Crippen molar-refractivity contribution >= 4 is 5.97 Å². The Bertz CT molecular complexity index is 245. The highest BCUT2D eigenvalue weighted by Crippen LogP contribution is 2.45. The van der Waals surface area contributed by atoms with Crippen LogP contribution in [-0.2, 0) is 4.79 Å². The molecule has 0 heterocycles. The SMILES string of the molecule is CCCC(C)C1CC(C)(C)CCC1C(=O)O. The molecule has 0 aliphatic heterocycles. The van der Waals surface area contributed by atoms with Gasteiger partial charge in [-0.15, -0.1) is 0 Å². The molecule has 0 aromatic rings. The van der Waals surface area contributed by atoms with E-state index in [1.807, 2.05) is 0 Å². The molecule has 3 atom stereocenters. The van der Waals surface area contributed by atoms with Crippen LogP contribution in [0.1, 0.15) is 59.8 Å². The van der Waals surface area contributed by atoms with Crippen molar-refractivity contribution in [3.8, 4) is 0 Å². The lowest BCUT2D eigenvalue weighted by Gasteiger charge is -2.41. The molecule has 0 spiro atoms. The fraction of sp³-hybridized carbons (Fsp3) is 0.929. The molecule has 0 aromatic heterocycles. The van der Waals surface area contributed by atoms with Crippen molar-refractivity contribution in [1.29, 1.82) is 0 Å². The lowest BCUT2D eigenvalue weighted by Crippen LogP contribution is -2.37. The van der Waals surface area contributed by atoms with Gasteiger partial charge in [0.05, 0.1) is 5.92 Å². The van der Waals surface area contributed by atoms with E-state index in [1.54, 1.807) is 0 Å². The third-order valence-electron chi connectivity index (χ3n) is 4.23. The van der Waals surface area contributed by atoms with Crippen molar-refractivity contribution in [2.24, 2.45) is 23.2 Å². The highest BCUT2D eigenvalue weighted by molar-refractivity contribution is 5.70. The summed E-state index contributed by atoms with van der Waals surface area (Å²) in [4.78, 5) is 11.3. The molecule has 2 nitrogen and oxygen atoms in total. The quantitative estimate of drug-likeness (QED) is 0.788. The standard InChI is InChI=1S/C14H26O2/c1-5-6-10(2)12-9-14(3,4)8-7-11(12)13(15)16/h10-12H,5-9H2,1-4H3,(H,15,16). The van der Waals surface area contributed by atoms with E-state index in [-0.39, 0.29) is 5.92 Å². The second-order valence-electron chi connectivity index (χ2n) is 6.28. The van der Waals surface area contributed by atoms with Gasteiger partial charge >= 0.3 is 5.97 Å². The molecule has 1 rings (SSSR count). The molecule has 0 amide bonds. The predicted octanol–water partition coefficient (Wildman–Crippen LogP) is 3.95. The van der Waals surface area contributed by atoms with Gasteiger partial charge in [-0.05, 0) is 36.5 Å². The van der Waals surface area contributed by atoms with Gasteiger partial charge in [-0.25, -0.2) is 0 Å². The van der Waals surface area contributed by atoms with Crippen LogP contribution in [0.3, 0.4) is 0 Å². The first kappa shape index (κ1) is 13.5. The molecule has 0 saturated heterocycles. The Balaban J connectivity index is 2.75. The summed E-state index contributed by atoms with van der Waals surface area (Å²) in [5, 5.41) is 9.30. The number of carboxylic acid groups (broad SMARTS) is 1. The van der Waals surface area contributed by atoms with E-state index in [2.05, 4.69) is 27.7 Å². The minimum atomic E-state index is -0.580. The number of aliphatic carboxylic acids is 1. The number of hydrogen-bond donors (Lipinski definition) is 1. The summed E-state index contributed by atoms with van der Waals surface area (Å²) in [5.41, 5.74) is 0.332. The van der Waals surface area contributed by atoms with Crippen molar-refractivity contribution in [3.63, 3.8) is 0 Å². The molecule has 0 radical (unpaired) electrons. The topological polar surface area (TPSA) is 37.3 Å². The maximum atomic E-state index is 11.3. The molecule has 3 unspecified atom stereocenters. The highest BCUT2D eigenvalue weighted by atomic mass is 16.4. The smallest absolute Gasteiger partial charge is 0.306 e. The molecule has 0 aromatic carbocycles. The Morgan fingerprint density at radius 3 is 2.62 bits per heavy atom. The van der Waals surface area contributed by atoms with Gasteiger partial charge in [0.25, 0.3) is 0 Å². The van der Waals surface area contributed by atoms with Gasteiger partial charge in [0.1, 0.15) is 0 Å². The molecule has 0 bridgehead atoms. The molecule has 16 heavy (non-hydrogen) atoms. The average molecular weight is 226 g/mol. The molecular formula is C14H26O2. The first-order valence-corrected chi connectivity index (χ1v) is 6.60. The van der Waals surface area contributed by atoms with Crippen LogP contribution in [0.2, 0.25) is 0 Å². The fourth-order valence-corrected chi connectivity index (χ4v) is 3.22. The largest absolute Gasteiger partial charge is 0.481 e. The summed E-state index contributed by atoms with van der Waals surface area (Å²) in [6, 6.07) is 0. The lowest BCUT2D eigenvalue weighted by atomic mass is 9.63. The predicted molar refractivity (Wildman–Crippen MR) is 66.3 cm³/mol. The van der Waals surface area contributed by atoms with Gasteiger partial charge in [0, 0.05) is 0 Å². The first-order valence-electron chi connectivity index (χ1n) is 6.60. The monoisotopic (exact) mass is 226 g/mol. The maximum absolute atomic E-state index is 11.3. The highest BCUT2D eigenvalue weighted by Gasteiger charge is 2.40. The van der Waals surface area contributed by atoms with Crippen LogP contribution in [0.5, 0.6) is 0 Å². The number of carbonyl (C=O) groups is 1. The van der Waals surface area contributed by atoms with Crippen LogP contribution in [0.15, 0.2) is 0 Å². The van der Waals surface area contributed by atoms with E-state index in [1.165, 1.54) is 0 Å². The van der Waals surface area contributed by atoms with Crippen molar-refractivity contribution in [3.05, 3.63) is 0 Å². The van der Waals surface area contributed by atoms with Gasteiger partial charge in [0.15, 0.2) is 0 Å². The molecule has 1 saturated carbocycles. The molecule has 1 fully saturated rings. The number of rotatable bonds is 4. The van der Waals surface area contributed by atoms with Crippen molar-refractivity contribution in [2.45, 2.75) is 59.8 Å². The van der Waals surface area contributed by atoms with E-state index >= 15 is 0 Å². The number of hydrogen-bond acceptors (Lipinski definition) is 1. The molecule has 1 N–H and O–H groups in total. The summed E-state index contributed by atoms with van der Waals surface area (Å²) >= 11 is 0. The first-order chi connectivity index (χ1) is 7.37. The van der Waals surface area contributed by atoms with E-state index in [0.29, 0.717) is 17.3 Å². The Morgan fingerprint density at radius 1 is 1.50 bits per heavy atom. The van der Waals surface area contributed by atoms with Gasteiger partial charge < -0.3 is 5.11 Å². The van der Waals surface area contributed by atoms with E-state index in [0.717, 1.165) is 32.1 Å². The Kier molecular flexibility index (Phi) is 4.40. The summed E-state index contributed by atoms with van der Waals surface area (Å²) in [5.74, 6) is 0.241. The third kappa shape index (κ3) is 3.23. The van der Waals surface area contributed by atoms with E-state index in [9.17, 15) is 9.90 Å². The van der Waals surface area contributed by atoms with Crippen molar-refractivity contribution in [2.75, 3.05) is 0 Å². The van der Waals surface area contributed by atoms with Crippen LogP contribution in [0.4, 0.5) is 0 Å². The van der Waals surface area contributed by atoms with Crippen LogP contribution < -0.4 is 0 Å². The van der Waals surface area contributed by atoms with Gasteiger partial charge in [-0.3, -0.25) is 4.79 Å². The minimum Gasteiger partial charge on any atom is -0.481 e. The summed E-state index contributed by atoms with van der Waals surface area (Å²) in [6.45, 7) is 8.96. The molecule has 1 aliphatic rings. The fourth-order valence-electron chi connectivity index (χ4n) is 3.22. The van der Waals surface area contributed by atoms with Crippen LogP contribution in [-0.4, -0.2) is 11.1 Å². The second kappa shape index (κ2) is 5.20. The normalized spacial score (nSPS) is 31.0. The number of carboxylic acids is 1. The Labute approximate surface area is 99.4 Å². The van der Waals surface area contributed by atoms with Gasteiger partial charge in [-0.2, -0.15) is 0 Å². The van der Waals surface area contributed by atoms with Crippen molar-refractivity contribution < 1.29 is 9.90 Å². The van der Waals surface area contributed by atoms with E-state index < -0.39 is 5.97 Å². The Hall–Kier alpha value is -0.530. The van der Waals surface area contributed by atoms with Crippen LogP contribution in [0, 0.1) is 23.2 Å². The zero-order valence-corrected chi connectivity index (χ0v) is 11.1. The summed E-state index contributed by atoms with van der Waals surface area (Å²) in [6.07, 6.45) is 5.31. The maximum Gasteiger partial charge on any atom is 0.306 e. The second-order valence-corrected chi connectivity index (χ2v) is 6.28. The van der Waals surface area contributed by atoms with Crippen LogP contribution in [0.25, 0.3) is 0 Å². The van der Waals surface area contributed by atoms with Crippen molar-refractivity contribution in [1.82, 2.24) is 0 Å². The molecule has 94 valence electrons. The minimum absolute atomic E-state index is 0.102. The summed E-state index contributed by atoms with van der Waals surface area (Å²) in [7, 11) is 0. The molecule has 1 aliphatic carbocycles. The average Bonchev–Trinajstić information content (AvgIpc) is 2.16. The zero-order valence-electron chi connectivity index (χ0n) is 11.1. The molecular weight excluding hydrogens is 200 g/mol. The third-order valence-corrected chi connectivity index (χ3v) is 4.23. The Morgan fingerprint density at radius 2 is 2.12 bits per heavy atom. The van der Waals surface area contributed by atoms with Gasteiger partial charge in [0.2, 0.25) is 0 Å². The van der Waals surface area contributed by atoms with Gasteiger partial charge in [-0.1, -0.05) is 40.5 Å². The summed E-state index contributed by atoms with van der Waals surface area (Å²) < 4.78 is 0. The van der Waals surface area contributed by atoms with Crippen LogP contribution >= 0.6 is 0 Å².